The molecule has 0 aliphatic carbocycles. The van der Waals surface area contributed by atoms with Crippen molar-refractivity contribution in [2.24, 2.45) is 11.3 Å². The zero-order valence-electron chi connectivity index (χ0n) is 12.1. The van der Waals surface area contributed by atoms with Crippen molar-refractivity contribution in [3.8, 4) is 0 Å². The molecule has 1 saturated heterocycles. The number of hydrogen-bond acceptors (Lipinski definition) is 2. The van der Waals surface area contributed by atoms with Crippen LogP contribution in [-0.2, 0) is 9.59 Å². The molecule has 20 heavy (non-hydrogen) atoms. The van der Waals surface area contributed by atoms with E-state index >= 15 is 0 Å². The Balaban J connectivity index is 2.47. The summed E-state index contributed by atoms with van der Waals surface area (Å²) in [6, 6.07) is 7.38. The Morgan fingerprint density at radius 2 is 2.00 bits per heavy atom. The van der Waals surface area contributed by atoms with Crippen LogP contribution in [0.25, 0.3) is 0 Å². The molecule has 1 N–H and O–H groups in total. The Kier molecular flexibility index (Phi) is 4.19. The molecule has 1 aliphatic heterocycles. The lowest BCUT2D eigenvalue weighted by Gasteiger charge is -2.41. The molecule has 0 saturated carbocycles. The van der Waals surface area contributed by atoms with Crippen molar-refractivity contribution in [1.82, 2.24) is 5.32 Å². The Bertz CT molecular complexity index is 541. The van der Waals surface area contributed by atoms with Gasteiger partial charge in [-0.05, 0) is 29.4 Å². The van der Waals surface area contributed by atoms with Gasteiger partial charge in [0.1, 0.15) is 0 Å². The highest BCUT2D eigenvalue weighted by Crippen LogP contribution is 2.47. The van der Waals surface area contributed by atoms with Crippen LogP contribution in [-0.4, -0.2) is 11.8 Å². The standard InChI is InChI=1S/C16H20ClNO2/c1-10(2)8-16(3)9-13(19)18-15(20)14(16)11-6-4-5-7-12(11)17/h4-7,10,14H,8-9H2,1-3H3,(H,18,19,20). The van der Waals surface area contributed by atoms with E-state index in [-0.39, 0.29) is 17.7 Å². The van der Waals surface area contributed by atoms with Gasteiger partial charge in [0.2, 0.25) is 11.8 Å². The highest BCUT2D eigenvalue weighted by molar-refractivity contribution is 6.31. The number of carbonyl (C=O) groups excluding carboxylic acids is 2. The fraction of sp³-hybridized carbons (Fsp3) is 0.500. The van der Waals surface area contributed by atoms with Gasteiger partial charge in [-0.2, -0.15) is 0 Å². The van der Waals surface area contributed by atoms with Crippen LogP contribution < -0.4 is 5.32 Å². The van der Waals surface area contributed by atoms with E-state index in [4.69, 9.17) is 11.6 Å². The van der Waals surface area contributed by atoms with Gasteiger partial charge in [-0.15, -0.1) is 0 Å². The molecule has 2 atom stereocenters. The minimum absolute atomic E-state index is 0.193. The smallest absolute Gasteiger partial charge is 0.234 e. The van der Waals surface area contributed by atoms with Crippen molar-refractivity contribution in [3.63, 3.8) is 0 Å². The largest absolute Gasteiger partial charge is 0.296 e. The van der Waals surface area contributed by atoms with Crippen LogP contribution in [0.4, 0.5) is 0 Å². The maximum atomic E-state index is 12.4. The number of benzene rings is 1. The first-order valence-corrected chi connectivity index (χ1v) is 7.29. The number of halogens is 1. The van der Waals surface area contributed by atoms with E-state index in [2.05, 4.69) is 19.2 Å². The Labute approximate surface area is 124 Å². The lowest BCUT2D eigenvalue weighted by molar-refractivity contribution is -0.140. The SMILES string of the molecule is CC(C)CC1(C)CC(=O)NC(=O)C1c1ccccc1Cl. The number of rotatable bonds is 3. The Hall–Kier alpha value is -1.35. The Morgan fingerprint density at radius 3 is 2.60 bits per heavy atom. The van der Waals surface area contributed by atoms with Crippen molar-refractivity contribution >= 4 is 23.4 Å². The third kappa shape index (κ3) is 2.88. The monoisotopic (exact) mass is 293 g/mol. The molecule has 3 nitrogen and oxygen atoms in total. The summed E-state index contributed by atoms with van der Waals surface area (Å²) in [4.78, 5) is 24.1. The van der Waals surface area contributed by atoms with Crippen LogP contribution in [0.2, 0.25) is 5.02 Å². The quantitative estimate of drug-likeness (QED) is 0.867. The third-order valence-corrected chi connectivity index (χ3v) is 4.22. The molecule has 2 rings (SSSR count). The van der Waals surface area contributed by atoms with Gasteiger partial charge in [0.25, 0.3) is 0 Å². The fourth-order valence-corrected chi connectivity index (χ4v) is 3.63. The van der Waals surface area contributed by atoms with Crippen LogP contribution in [0.1, 0.15) is 45.1 Å². The minimum atomic E-state index is -0.390. The van der Waals surface area contributed by atoms with Crippen molar-refractivity contribution < 1.29 is 9.59 Å². The predicted octanol–water partition coefficient (Wildman–Crippen LogP) is 3.52. The van der Waals surface area contributed by atoms with Crippen LogP contribution in [0.5, 0.6) is 0 Å². The van der Waals surface area contributed by atoms with E-state index in [9.17, 15) is 9.59 Å². The first-order valence-electron chi connectivity index (χ1n) is 6.91. The molecule has 1 aromatic rings. The highest BCUT2D eigenvalue weighted by Gasteiger charge is 2.46. The predicted molar refractivity (Wildman–Crippen MR) is 79.5 cm³/mol. The molecule has 1 aliphatic rings. The van der Waals surface area contributed by atoms with Crippen LogP contribution in [0.15, 0.2) is 24.3 Å². The molecule has 1 fully saturated rings. The van der Waals surface area contributed by atoms with Crippen molar-refractivity contribution in [2.75, 3.05) is 0 Å². The summed E-state index contributed by atoms with van der Waals surface area (Å²) >= 11 is 6.26. The summed E-state index contributed by atoms with van der Waals surface area (Å²) in [5, 5.41) is 3.03. The summed E-state index contributed by atoms with van der Waals surface area (Å²) in [5.41, 5.74) is 0.417. The molecule has 2 amide bonds. The molecule has 0 aromatic heterocycles. The molecule has 1 heterocycles. The number of piperidine rings is 1. The van der Waals surface area contributed by atoms with E-state index in [1.165, 1.54) is 0 Å². The van der Waals surface area contributed by atoms with E-state index in [1.807, 2.05) is 25.1 Å². The lowest BCUT2D eigenvalue weighted by Crippen LogP contribution is -2.50. The summed E-state index contributed by atoms with van der Waals surface area (Å²) in [7, 11) is 0. The van der Waals surface area contributed by atoms with Gasteiger partial charge in [0.15, 0.2) is 0 Å². The molecule has 2 unspecified atom stereocenters. The molecular weight excluding hydrogens is 274 g/mol. The number of imide groups is 1. The van der Waals surface area contributed by atoms with Crippen molar-refractivity contribution in [3.05, 3.63) is 34.9 Å². The molecule has 4 heteroatoms. The molecule has 108 valence electrons. The number of amides is 2. The van der Waals surface area contributed by atoms with Gasteiger partial charge in [-0.25, -0.2) is 0 Å². The molecule has 0 spiro atoms. The lowest BCUT2D eigenvalue weighted by atomic mass is 9.65. The van der Waals surface area contributed by atoms with Gasteiger partial charge < -0.3 is 0 Å². The van der Waals surface area contributed by atoms with Gasteiger partial charge in [-0.1, -0.05) is 50.6 Å². The van der Waals surface area contributed by atoms with Gasteiger partial charge >= 0.3 is 0 Å². The maximum Gasteiger partial charge on any atom is 0.234 e. The second-order valence-corrected chi connectivity index (χ2v) is 6.70. The molecule has 0 bridgehead atoms. The summed E-state index contributed by atoms with van der Waals surface area (Å²) in [6.07, 6.45) is 1.16. The molecule has 0 radical (unpaired) electrons. The van der Waals surface area contributed by atoms with Crippen molar-refractivity contribution in [2.45, 2.75) is 39.5 Å². The zero-order valence-corrected chi connectivity index (χ0v) is 12.8. The second kappa shape index (κ2) is 5.57. The average molecular weight is 294 g/mol. The van der Waals surface area contributed by atoms with Crippen molar-refractivity contribution in [1.29, 1.82) is 0 Å². The zero-order chi connectivity index (χ0) is 14.9. The molecule has 1 aromatic carbocycles. The van der Waals surface area contributed by atoms with Gasteiger partial charge in [0, 0.05) is 11.4 Å². The van der Waals surface area contributed by atoms with E-state index in [0.29, 0.717) is 17.4 Å². The first kappa shape index (κ1) is 15.0. The topological polar surface area (TPSA) is 46.2 Å². The van der Waals surface area contributed by atoms with E-state index in [0.717, 1.165) is 12.0 Å². The highest BCUT2D eigenvalue weighted by atomic mass is 35.5. The summed E-state index contributed by atoms with van der Waals surface area (Å²) < 4.78 is 0. The minimum Gasteiger partial charge on any atom is -0.296 e. The second-order valence-electron chi connectivity index (χ2n) is 6.30. The van der Waals surface area contributed by atoms with Crippen LogP contribution in [0.3, 0.4) is 0 Å². The summed E-state index contributed by atoms with van der Waals surface area (Å²) in [5.74, 6) is -0.404. The van der Waals surface area contributed by atoms with Gasteiger partial charge in [0.05, 0.1) is 5.92 Å². The first-order chi connectivity index (χ1) is 9.33. The number of hydrogen-bond donors (Lipinski definition) is 1. The van der Waals surface area contributed by atoms with Crippen LogP contribution in [0, 0.1) is 11.3 Å². The van der Waals surface area contributed by atoms with E-state index in [1.54, 1.807) is 6.07 Å². The molecular formula is C16H20ClNO2. The Morgan fingerprint density at radius 1 is 1.35 bits per heavy atom. The number of nitrogens with one attached hydrogen (secondary N) is 1. The normalized spacial score (nSPS) is 26.8. The summed E-state index contributed by atoms with van der Waals surface area (Å²) in [6.45, 7) is 6.22. The average Bonchev–Trinajstić information content (AvgIpc) is 2.28. The third-order valence-electron chi connectivity index (χ3n) is 3.88. The van der Waals surface area contributed by atoms with E-state index < -0.39 is 5.41 Å². The number of carbonyl (C=O) groups is 2. The fourth-order valence-electron chi connectivity index (χ4n) is 3.39. The van der Waals surface area contributed by atoms with Crippen LogP contribution >= 0.6 is 11.6 Å². The maximum absolute atomic E-state index is 12.4. The van der Waals surface area contributed by atoms with Gasteiger partial charge in [-0.3, -0.25) is 14.9 Å².